The van der Waals surface area contributed by atoms with E-state index in [1.807, 2.05) is 6.08 Å². The molecular formula is C22H34O4. The summed E-state index contributed by atoms with van der Waals surface area (Å²) in [6, 6.07) is 0. The molecule has 0 saturated carbocycles. The molecule has 0 spiro atoms. The Morgan fingerprint density at radius 3 is 2.65 bits per heavy atom. The second kappa shape index (κ2) is 11.9. The maximum atomic E-state index is 10.9. The summed E-state index contributed by atoms with van der Waals surface area (Å²) in [5.41, 5.74) is 5.76. The number of unbranched alkanes of at least 4 members (excludes halogenated alkanes) is 4. The highest BCUT2D eigenvalue weighted by molar-refractivity contribution is 5.75. The van der Waals surface area contributed by atoms with Gasteiger partial charge >= 0.3 is 5.97 Å². The lowest BCUT2D eigenvalue weighted by Crippen LogP contribution is -2.44. The summed E-state index contributed by atoms with van der Waals surface area (Å²) in [5, 5.41) is 28.1. The van der Waals surface area contributed by atoms with E-state index in [0.717, 1.165) is 25.7 Å². The first kappa shape index (κ1) is 22.4. The summed E-state index contributed by atoms with van der Waals surface area (Å²) in [4.78, 5) is 10.9. The Morgan fingerprint density at radius 2 is 2.00 bits per heavy atom. The van der Waals surface area contributed by atoms with Crippen molar-refractivity contribution < 1.29 is 20.1 Å². The summed E-state index contributed by atoms with van der Waals surface area (Å²) in [6.07, 6.45) is 18.6. The van der Waals surface area contributed by atoms with E-state index >= 15 is 0 Å². The van der Waals surface area contributed by atoms with Crippen molar-refractivity contribution in [1.82, 2.24) is 0 Å². The molecule has 0 aromatic rings. The van der Waals surface area contributed by atoms with Gasteiger partial charge in [-0.05, 0) is 62.7 Å². The minimum Gasteiger partial charge on any atom is -0.477 e. The van der Waals surface area contributed by atoms with E-state index in [4.69, 9.17) is 5.11 Å². The molecule has 0 bridgehead atoms. The van der Waals surface area contributed by atoms with Gasteiger partial charge in [-0.2, -0.15) is 0 Å². The van der Waals surface area contributed by atoms with Gasteiger partial charge in [0.1, 0.15) is 0 Å². The van der Waals surface area contributed by atoms with E-state index in [1.54, 1.807) is 6.92 Å². The Bertz CT molecular complexity index is 563. The van der Waals surface area contributed by atoms with Gasteiger partial charge in [-0.25, -0.2) is 4.79 Å². The number of hydrogen-bond donors (Lipinski definition) is 3. The molecule has 1 aliphatic carbocycles. The first-order chi connectivity index (χ1) is 12.4. The first-order valence-corrected chi connectivity index (χ1v) is 9.90. The highest BCUT2D eigenvalue weighted by Gasteiger charge is 2.39. The van der Waals surface area contributed by atoms with E-state index in [2.05, 4.69) is 24.8 Å². The third-order valence-corrected chi connectivity index (χ3v) is 4.96. The van der Waals surface area contributed by atoms with Gasteiger partial charge in [0, 0.05) is 5.92 Å². The van der Waals surface area contributed by atoms with E-state index in [0.29, 0.717) is 6.42 Å². The molecule has 0 amide bonds. The lowest BCUT2D eigenvalue weighted by molar-refractivity contribution is -0.216. The second-order valence-corrected chi connectivity index (χ2v) is 7.02. The Kier molecular flexibility index (Phi) is 10.3. The third kappa shape index (κ3) is 7.33. The molecule has 146 valence electrons. The van der Waals surface area contributed by atoms with Gasteiger partial charge < -0.3 is 15.3 Å². The van der Waals surface area contributed by atoms with Crippen molar-refractivity contribution in [3.63, 3.8) is 0 Å². The number of carbonyl (C=O) groups is 1. The fourth-order valence-corrected chi connectivity index (χ4v) is 3.22. The minimum absolute atomic E-state index is 0.314. The molecule has 0 fully saturated rings. The van der Waals surface area contributed by atoms with Crippen molar-refractivity contribution >= 4 is 5.97 Å². The normalized spacial score (nSPS) is 16.0. The van der Waals surface area contributed by atoms with Crippen LogP contribution in [0.25, 0.3) is 0 Å². The van der Waals surface area contributed by atoms with Crippen molar-refractivity contribution in [1.29, 1.82) is 0 Å². The predicted molar refractivity (Wildman–Crippen MR) is 105 cm³/mol. The Morgan fingerprint density at radius 1 is 1.23 bits per heavy atom. The monoisotopic (exact) mass is 362 g/mol. The maximum Gasteiger partial charge on any atom is 0.364 e. The zero-order chi connectivity index (χ0) is 19.4. The fourth-order valence-electron chi connectivity index (χ4n) is 3.22. The molecule has 1 atom stereocenters. The first-order valence-electron chi connectivity index (χ1n) is 9.90. The molecule has 4 heteroatoms. The number of aliphatic hydroxyl groups is 2. The SMILES string of the molecule is CCCCCC/C=C/C1=C(CC=C=CC(CC)C(O)(O)C(=O)O)CCC1. The molecule has 26 heavy (non-hydrogen) atoms. The van der Waals surface area contributed by atoms with Crippen LogP contribution < -0.4 is 0 Å². The zero-order valence-electron chi connectivity index (χ0n) is 16.2. The van der Waals surface area contributed by atoms with Crippen LogP contribution >= 0.6 is 0 Å². The van der Waals surface area contributed by atoms with Gasteiger partial charge in [0.2, 0.25) is 0 Å². The Balaban J connectivity index is 2.61. The third-order valence-electron chi connectivity index (χ3n) is 4.96. The standard InChI is InChI=1S/C22H34O4/c1-3-5-6-7-8-9-13-18-15-12-16-19(18)14-10-11-17-20(4-2)22(25,26)21(23)24/h9-10,13,17,20,25-26H,3-8,12,14-16H2,1-2H3,(H,23,24)/b13-9+. The summed E-state index contributed by atoms with van der Waals surface area (Å²) < 4.78 is 0. The molecule has 1 unspecified atom stereocenters. The van der Waals surface area contributed by atoms with E-state index in [1.165, 1.54) is 49.3 Å². The lowest BCUT2D eigenvalue weighted by atomic mass is 9.95. The van der Waals surface area contributed by atoms with E-state index in [-0.39, 0.29) is 0 Å². The summed E-state index contributed by atoms with van der Waals surface area (Å²) >= 11 is 0. The summed E-state index contributed by atoms with van der Waals surface area (Å²) in [5.74, 6) is -5.25. The fraction of sp³-hybridized carbons (Fsp3) is 0.636. The second-order valence-electron chi connectivity index (χ2n) is 7.02. The van der Waals surface area contributed by atoms with Gasteiger partial charge in [0.05, 0.1) is 0 Å². The zero-order valence-corrected chi connectivity index (χ0v) is 16.2. The Labute approximate surface area is 157 Å². The van der Waals surface area contributed by atoms with Crippen LogP contribution in [0.15, 0.2) is 41.2 Å². The van der Waals surface area contributed by atoms with Gasteiger partial charge in [0.15, 0.2) is 0 Å². The highest BCUT2D eigenvalue weighted by Crippen LogP contribution is 2.29. The quantitative estimate of drug-likeness (QED) is 0.262. The molecule has 0 heterocycles. The average molecular weight is 363 g/mol. The highest BCUT2D eigenvalue weighted by atomic mass is 16.5. The van der Waals surface area contributed by atoms with Crippen LogP contribution in [0, 0.1) is 5.92 Å². The number of aliphatic carboxylic acids is 1. The average Bonchev–Trinajstić information content (AvgIpc) is 3.05. The van der Waals surface area contributed by atoms with E-state index in [9.17, 15) is 15.0 Å². The lowest BCUT2D eigenvalue weighted by Gasteiger charge is -2.22. The van der Waals surface area contributed by atoms with Crippen molar-refractivity contribution in [2.45, 2.75) is 83.8 Å². The topological polar surface area (TPSA) is 77.8 Å². The number of hydrogen-bond acceptors (Lipinski definition) is 3. The predicted octanol–water partition coefficient (Wildman–Crippen LogP) is 4.89. The maximum absolute atomic E-state index is 10.9. The summed E-state index contributed by atoms with van der Waals surface area (Å²) in [6.45, 7) is 3.94. The molecule has 3 N–H and O–H groups in total. The van der Waals surface area contributed by atoms with Crippen LogP contribution in [0.1, 0.15) is 78.1 Å². The number of carboxylic acid groups (broad SMARTS) is 1. The van der Waals surface area contributed by atoms with Crippen molar-refractivity contribution in [2.75, 3.05) is 0 Å². The largest absolute Gasteiger partial charge is 0.477 e. The Hall–Kier alpha value is -1.61. The smallest absolute Gasteiger partial charge is 0.364 e. The number of carboxylic acids is 1. The molecule has 0 saturated heterocycles. The van der Waals surface area contributed by atoms with Gasteiger partial charge in [-0.1, -0.05) is 50.8 Å². The van der Waals surface area contributed by atoms with Gasteiger partial charge in [0.25, 0.3) is 5.79 Å². The molecular weight excluding hydrogens is 328 g/mol. The molecule has 0 aromatic carbocycles. The van der Waals surface area contributed by atoms with Crippen LogP contribution in [0.5, 0.6) is 0 Å². The van der Waals surface area contributed by atoms with Crippen LogP contribution in [0.2, 0.25) is 0 Å². The molecule has 1 aliphatic rings. The van der Waals surface area contributed by atoms with Crippen molar-refractivity contribution in [3.8, 4) is 0 Å². The van der Waals surface area contributed by atoms with Crippen molar-refractivity contribution in [3.05, 3.63) is 41.2 Å². The molecule has 0 aliphatic heterocycles. The van der Waals surface area contributed by atoms with Crippen LogP contribution in [0.4, 0.5) is 0 Å². The van der Waals surface area contributed by atoms with Crippen LogP contribution in [-0.4, -0.2) is 27.1 Å². The number of rotatable bonds is 12. The van der Waals surface area contributed by atoms with Crippen LogP contribution in [-0.2, 0) is 4.79 Å². The molecule has 1 rings (SSSR count). The molecule has 4 nitrogen and oxygen atoms in total. The molecule has 0 aromatic heterocycles. The minimum atomic E-state index is -2.74. The molecule has 0 radical (unpaired) electrons. The van der Waals surface area contributed by atoms with E-state index < -0.39 is 17.7 Å². The van der Waals surface area contributed by atoms with Crippen LogP contribution in [0.3, 0.4) is 0 Å². The number of allylic oxidation sites excluding steroid dienone is 4. The van der Waals surface area contributed by atoms with Crippen molar-refractivity contribution in [2.24, 2.45) is 5.92 Å². The van der Waals surface area contributed by atoms with Gasteiger partial charge in [-0.15, -0.1) is 5.73 Å². The summed E-state index contributed by atoms with van der Waals surface area (Å²) in [7, 11) is 0. The van der Waals surface area contributed by atoms with Gasteiger partial charge in [-0.3, -0.25) is 0 Å².